The van der Waals surface area contributed by atoms with Crippen molar-refractivity contribution in [1.29, 1.82) is 0 Å². The molecule has 13 nitrogen and oxygen atoms in total. The fraction of sp³-hybridized carbons (Fsp3) is 0.444. The summed E-state index contributed by atoms with van der Waals surface area (Å²) in [7, 11) is 0. The van der Waals surface area contributed by atoms with Gasteiger partial charge in [0.15, 0.2) is 0 Å². The van der Waals surface area contributed by atoms with Crippen LogP contribution in [0.15, 0.2) is 79.9 Å². The Morgan fingerprint density at radius 1 is 1.16 bits per heavy atom. The fourth-order valence-electron chi connectivity index (χ4n) is 7.61. The summed E-state index contributed by atoms with van der Waals surface area (Å²) in [6.45, 7) is 8.86. The second-order valence-corrected chi connectivity index (χ2v) is 12.9. The molecular weight excluding hydrogens is 628 g/mol. The second-order valence-electron chi connectivity index (χ2n) is 12.9. The summed E-state index contributed by atoms with van der Waals surface area (Å²) in [5, 5.41) is 21.8. The highest BCUT2D eigenvalue weighted by Gasteiger charge is 2.75. The molecule has 0 aliphatic carbocycles. The van der Waals surface area contributed by atoms with Gasteiger partial charge in [-0.05, 0) is 43.9 Å². The minimum atomic E-state index is -1.28. The van der Waals surface area contributed by atoms with Crippen molar-refractivity contribution < 1.29 is 33.8 Å². The van der Waals surface area contributed by atoms with Gasteiger partial charge in [0.25, 0.3) is 0 Å². The zero-order valence-electron chi connectivity index (χ0n) is 27.5. The van der Waals surface area contributed by atoms with Crippen molar-refractivity contribution in [2.75, 3.05) is 19.8 Å². The van der Waals surface area contributed by atoms with E-state index >= 15 is 0 Å². The molecule has 3 aliphatic rings. The molecule has 3 amide bonds. The Balaban J connectivity index is 1.29. The van der Waals surface area contributed by atoms with E-state index in [0.29, 0.717) is 24.8 Å². The molecule has 6 rings (SSSR count). The SMILES string of the molecule is C=CCCC(=O)OC[C@@H](NC(=O)[C@@H]1[C@@H]2CC[C@]3(O2)[C@H](C(=O)N(CC=C)Cn2nnc4ccccc42)N([C@H](C)CO)C(=O)[C@@H]13)c1ccccc1. The standard InChI is InChI=1S/C36H42N6O7/c1-4-6-16-29(44)48-21-26(24-12-8-7-9-13-24)37-33(45)30-28-17-18-36(49-28)31(30)34(46)42(23(3)20-43)32(36)35(47)40(19-5-2)22-41-27-15-11-10-14-25(27)38-39-41/h4-5,7-15,23,26,28,30-32,43H,1-2,6,16-22H2,3H3,(H,37,45)/t23-,26-,28+,30-,31-,32+,36-/m1/s1. The summed E-state index contributed by atoms with van der Waals surface area (Å²) < 4.78 is 13.7. The molecule has 13 heteroatoms. The van der Waals surface area contributed by atoms with Gasteiger partial charge in [0.2, 0.25) is 17.7 Å². The van der Waals surface area contributed by atoms with Gasteiger partial charge in [0.1, 0.15) is 30.4 Å². The number of benzene rings is 2. The monoisotopic (exact) mass is 670 g/mol. The van der Waals surface area contributed by atoms with E-state index in [9.17, 15) is 24.3 Å². The maximum atomic E-state index is 14.7. The summed E-state index contributed by atoms with van der Waals surface area (Å²) in [5.74, 6) is -3.52. The third-order valence-electron chi connectivity index (χ3n) is 9.88. The van der Waals surface area contributed by atoms with E-state index in [1.807, 2.05) is 54.6 Å². The number of nitrogens with one attached hydrogen (secondary N) is 1. The Morgan fingerprint density at radius 2 is 1.92 bits per heavy atom. The van der Waals surface area contributed by atoms with Gasteiger partial charge >= 0.3 is 5.97 Å². The van der Waals surface area contributed by atoms with Crippen LogP contribution < -0.4 is 5.32 Å². The molecule has 3 aliphatic heterocycles. The second kappa shape index (κ2) is 14.3. The minimum Gasteiger partial charge on any atom is -0.463 e. The van der Waals surface area contributed by atoms with Gasteiger partial charge in [0, 0.05) is 13.0 Å². The van der Waals surface area contributed by atoms with Crippen molar-refractivity contribution in [2.24, 2.45) is 11.8 Å². The molecule has 4 heterocycles. The third kappa shape index (κ3) is 6.24. The number of allylic oxidation sites excluding steroid dienone is 1. The number of ether oxygens (including phenoxy) is 2. The van der Waals surface area contributed by atoms with Gasteiger partial charge < -0.3 is 29.7 Å². The maximum Gasteiger partial charge on any atom is 0.306 e. The molecule has 3 fully saturated rings. The number of aromatic nitrogens is 3. The van der Waals surface area contributed by atoms with Gasteiger partial charge in [-0.3, -0.25) is 19.2 Å². The van der Waals surface area contributed by atoms with Crippen LogP contribution in [0.3, 0.4) is 0 Å². The van der Waals surface area contributed by atoms with E-state index in [0.717, 1.165) is 11.1 Å². The fourth-order valence-corrected chi connectivity index (χ4v) is 7.61. The Kier molecular flexibility index (Phi) is 9.93. The number of esters is 1. The highest BCUT2D eigenvalue weighted by atomic mass is 16.5. The summed E-state index contributed by atoms with van der Waals surface area (Å²) in [4.78, 5) is 58.6. The number of carbonyl (C=O) groups excluding carboxylic acids is 4. The number of fused-ring (bicyclic) bond motifs is 2. The Hall–Kier alpha value is -4.88. The number of rotatable bonds is 15. The topological polar surface area (TPSA) is 156 Å². The third-order valence-corrected chi connectivity index (χ3v) is 9.88. The number of carbonyl (C=O) groups is 4. The summed E-state index contributed by atoms with van der Waals surface area (Å²) in [6.07, 6.45) is 4.12. The van der Waals surface area contributed by atoms with E-state index in [1.54, 1.807) is 23.8 Å². The number of hydrogen-bond acceptors (Lipinski definition) is 9. The first kappa shape index (κ1) is 34.0. The van der Waals surface area contributed by atoms with Gasteiger partial charge in [-0.2, -0.15) is 0 Å². The molecule has 2 bridgehead atoms. The van der Waals surface area contributed by atoms with Crippen LogP contribution in [-0.4, -0.2) is 97.1 Å². The van der Waals surface area contributed by atoms with Gasteiger partial charge in [-0.25, -0.2) is 4.68 Å². The molecule has 0 saturated carbocycles. The van der Waals surface area contributed by atoms with E-state index < -0.39 is 65.4 Å². The lowest BCUT2D eigenvalue weighted by Crippen LogP contribution is -2.58. The normalized spacial score (nSPS) is 25.1. The molecule has 0 unspecified atom stereocenters. The summed E-state index contributed by atoms with van der Waals surface area (Å²) >= 11 is 0. The van der Waals surface area contributed by atoms with E-state index in [2.05, 4.69) is 28.8 Å². The molecule has 1 aromatic heterocycles. The number of amides is 3. The van der Waals surface area contributed by atoms with Crippen molar-refractivity contribution in [3.63, 3.8) is 0 Å². The lowest BCUT2D eigenvalue weighted by molar-refractivity contribution is -0.152. The molecular formula is C36H42N6O7. The zero-order valence-corrected chi connectivity index (χ0v) is 27.5. The van der Waals surface area contributed by atoms with E-state index in [-0.39, 0.29) is 32.8 Å². The molecule has 3 saturated heterocycles. The van der Waals surface area contributed by atoms with Crippen molar-refractivity contribution in [2.45, 2.75) is 69.1 Å². The van der Waals surface area contributed by atoms with Crippen LogP contribution in [0.25, 0.3) is 11.0 Å². The molecule has 0 radical (unpaired) electrons. The summed E-state index contributed by atoms with van der Waals surface area (Å²) in [5.41, 5.74) is 0.851. The number of aliphatic hydroxyl groups is 1. The van der Waals surface area contributed by atoms with Crippen LogP contribution in [0.2, 0.25) is 0 Å². The number of nitrogens with zero attached hydrogens (tertiary/aromatic N) is 5. The van der Waals surface area contributed by atoms with Gasteiger partial charge in [-0.1, -0.05) is 59.8 Å². The van der Waals surface area contributed by atoms with Crippen LogP contribution in [-0.2, 0) is 35.3 Å². The van der Waals surface area contributed by atoms with E-state index in [1.165, 1.54) is 9.80 Å². The van der Waals surface area contributed by atoms with Crippen molar-refractivity contribution in [3.8, 4) is 0 Å². The average molecular weight is 671 g/mol. The van der Waals surface area contributed by atoms with Crippen LogP contribution in [0.4, 0.5) is 0 Å². The van der Waals surface area contributed by atoms with Crippen molar-refractivity contribution in [3.05, 3.63) is 85.5 Å². The Labute approximate surface area is 284 Å². The Bertz CT molecular complexity index is 1730. The maximum absolute atomic E-state index is 14.7. The first-order valence-corrected chi connectivity index (χ1v) is 16.6. The molecule has 258 valence electrons. The van der Waals surface area contributed by atoms with Gasteiger partial charge in [0.05, 0.1) is 42.1 Å². The highest BCUT2D eigenvalue weighted by Crippen LogP contribution is 2.59. The number of hydrogen-bond donors (Lipinski definition) is 2. The van der Waals surface area contributed by atoms with Gasteiger partial charge in [-0.15, -0.1) is 18.3 Å². The smallest absolute Gasteiger partial charge is 0.306 e. The molecule has 3 aromatic rings. The average Bonchev–Trinajstić information content (AvgIpc) is 3.88. The molecule has 2 aromatic carbocycles. The zero-order chi connectivity index (χ0) is 34.7. The predicted molar refractivity (Wildman–Crippen MR) is 178 cm³/mol. The van der Waals surface area contributed by atoms with Crippen LogP contribution >= 0.6 is 0 Å². The van der Waals surface area contributed by atoms with Crippen LogP contribution in [0, 0.1) is 11.8 Å². The molecule has 7 atom stereocenters. The predicted octanol–water partition coefficient (Wildman–Crippen LogP) is 2.53. The quantitative estimate of drug-likeness (QED) is 0.183. The Morgan fingerprint density at radius 3 is 2.65 bits per heavy atom. The first-order valence-electron chi connectivity index (χ1n) is 16.6. The van der Waals surface area contributed by atoms with Crippen LogP contribution in [0.5, 0.6) is 0 Å². The summed E-state index contributed by atoms with van der Waals surface area (Å²) in [6, 6.07) is 14.0. The first-order chi connectivity index (χ1) is 23.7. The molecule has 49 heavy (non-hydrogen) atoms. The number of aliphatic hydroxyl groups excluding tert-OH is 1. The molecule has 1 spiro atoms. The largest absolute Gasteiger partial charge is 0.463 e. The van der Waals surface area contributed by atoms with Crippen molar-refractivity contribution in [1.82, 2.24) is 30.1 Å². The lowest BCUT2D eigenvalue weighted by atomic mass is 9.70. The minimum absolute atomic E-state index is 0.0375. The highest BCUT2D eigenvalue weighted by molar-refractivity contribution is 5.99. The van der Waals surface area contributed by atoms with Crippen LogP contribution in [0.1, 0.15) is 44.2 Å². The van der Waals surface area contributed by atoms with Crippen molar-refractivity contribution >= 4 is 34.7 Å². The number of likely N-dealkylation sites (tertiary alicyclic amines) is 1. The number of para-hydroxylation sites is 1. The molecule has 2 N–H and O–H groups in total. The van der Waals surface area contributed by atoms with E-state index in [4.69, 9.17) is 9.47 Å². The lowest BCUT2D eigenvalue weighted by Gasteiger charge is -2.38.